The minimum atomic E-state index is 0.247. The zero-order valence-corrected chi connectivity index (χ0v) is 15.5. The van der Waals surface area contributed by atoms with Crippen molar-refractivity contribution in [3.8, 4) is 5.82 Å². The second-order valence-corrected chi connectivity index (χ2v) is 6.60. The van der Waals surface area contributed by atoms with Gasteiger partial charge in [0.15, 0.2) is 12.1 Å². The van der Waals surface area contributed by atoms with Crippen molar-refractivity contribution >= 4 is 51.2 Å². The third-order valence-electron chi connectivity index (χ3n) is 3.77. The molecule has 0 bridgehead atoms. The van der Waals surface area contributed by atoms with Gasteiger partial charge in [0.2, 0.25) is 5.90 Å². The maximum atomic E-state index is 11.4. The van der Waals surface area contributed by atoms with Gasteiger partial charge in [-0.05, 0) is 40.2 Å². The Balaban J connectivity index is 1.92. The predicted molar refractivity (Wildman–Crippen MR) is 102 cm³/mol. The zero-order valence-electron chi connectivity index (χ0n) is 13.2. The van der Waals surface area contributed by atoms with Crippen LogP contribution >= 0.6 is 27.5 Å². The molecular formula is C18H10BrClN4O2. The van der Waals surface area contributed by atoms with Crippen molar-refractivity contribution in [3.05, 3.63) is 75.6 Å². The van der Waals surface area contributed by atoms with Crippen LogP contribution in [0, 0.1) is 0 Å². The highest BCUT2D eigenvalue weighted by Crippen LogP contribution is 2.35. The van der Waals surface area contributed by atoms with Crippen LogP contribution in [-0.2, 0) is 4.74 Å². The third-order valence-corrected chi connectivity index (χ3v) is 4.45. The van der Waals surface area contributed by atoms with Crippen molar-refractivity contribution in [2.75, 3.05) is 0 Å². The lowest BCUT2D eigenvalue weighted by atomic mass is 10.1. The molecule has 4 rings (SSSR count). The number of fused-ring (bicyclic) bond motifs is 1. The van der Waals surface area contributed by atoms with E-state index in [0.717, 1.165) is 6.29 Å². The number of ether oxygens (including phenoxy) is 1. The number of aromatic nitrogens is 3. The van der Waals surface area contributed by atoms with Crippen LogP contribution in [0.25, 0.3) is 11.6 Å². The Morgan fingerprint density at radius 1 is 1.27 bits per heavy atom. The van der Waals surface area contributed by atoms with Gasteiger partial charge in [0, 0.05) is 23.4 Å². The van der Waals surface area contributed by atoms with E-state index in [0.29, 0.717) is 43.7 Å². The Labute approximate surface area is 161 Å². The minimum Gasteiger partial charge on any atom is -0.437 e. The Hall–Kier alpha value is -2.77. The molecule has 0 saturated carbocycles. The molecule has 8 heteroatoms. The lowest BCUT2D eigenvalue weighted by Gasteiger charge is -2.20. The van der Waals surface area contributed by atoms with Crippen molar-refractivity contribution in [2.24, 2.45) is 4.99 Å². The molecule has 0 N–H and O–H groups in total. The monoisotopic (exact) mass is 428 g/mol. The molecule has 0 aliphatic carbocycles. The Kier molecular flexibility index (Phi) is 4.18. The summed E-state index contributed by atoms with van der Waals surface area (Å²) in [5.74, 6) is 1.07. The standard InChI is InChI=1S/C18H10BrClN4O2/c1-10-12-5-2-4-11(9-25)16(12)22-18(26-10)14-8-15(19)23-24(14)17-13(20)6-3-7-21-17/h2-9H,1H2. The molecule has 128 valence electrons. The normalized spacial score (nSPS) is 13.0. The molecule has 3 heterocycles. The lowest BCUT2D eigenvalue weighted by Crippen LogP contribution is -2.16. The molecule has 1 aliphatic heterocycles. The first kappa shape index (κ1) is 16.7. The minimum absolute atomic E-state index is 0.247. The van der Waals surface area contributed by atoms with Crippen LogP contribution in [0.15, 0.2) is 58.8 Å². The lowest BCUT2D eigenvalue weighted by molar-refractivity contribution is 0.112. The second kappa shape index (κ2) is 6.51. The second-order valence-electron chi connectivity index (χ2n) is 5.38. The number of aldehydes is 1. The maximum absolute atomic E-state index is 11.4. The van der Waals surface area contributed by atoms with Crippen molar-refractivity contribution in [1.29, 1.82) is 0 Å². The van der Waals surface area contributed by atoms with Crippen LogP contribution < -0.4 is 0 Å². The summed E-state index contributed by atoms with van der Waals surface area (Å²) in [6, 6.07) is 10.4. The van der Waals surface area contributed by atoms with E-state index in [1.54, 1.807) is 42.6 Å². The fourth-order valence-electron chi connectivity index (χ4n) is 2.61. The highest BCUT2D eigenvalue weighted by Gasteiger charge is 2.25. The molecule has 0 amide bonds. The van der Waals surface area contributed by atoms with Gasteiger partial charge in [-0.2, -0.15) is 5.10 Å². The van der Waals surface area contributed by atoms with E-state index < -0.39 is 0 Å². The molecule has 1 aliphatic rings. The SMILES string of the molecule is C=C1OC(c2cc(Br)nn2-c2ncccc2Cl)=Nc2c(C=O)cccc21. The number of rotatable bonds is 3. The highest BCUT2D eigenvalue weighted by molar-refractivity contribution is 9.10. The molecule has 2 aromatic heterocycles. The molecule has 1 aromatic carbocycles. The first-order valence-electron chi connectivity index (χ1n) is 7.49. The summed E-state index contributed by atoms with van der Waals surface area (Å²) in [5.41, 5.74) is 2.14. The smallest absolute Gasteiger partial charge is 0.246 e. The van der Waals surface area contributed by atoms with Crippen LogP contribution in [0.5, 0.6) is 0 Å². The summed E-state index contributed by atoms with van der Waals surface area (Å²) in [5, 5.41) is 4.79. The number of hydrogen-bond donors (Lipinski definition) is 0. The van der Waals surface area contributed by atoms with E-state index in [1.807, 2.05) is 0 Å². The fourth-order valence-corrected chi connectivity index (χ4v) is 3.19. The molecule has 0 saturated heterocycles. The third kappa shape index (κ3) is 2.75. The Morgan fingerprint density at radius 2 is 2.12 bits per heavy atom. The fraction of sp³-hybridized carbons (Fsp3) is 0. The number of carbonyl (C=O) groups excluding carboxylic acids is 1. The van der Waals surface area contributed by atoms with E-state index in [4.69, 9.17) is 16.3 Å². The number of para-hydroxylation sites is 1. The number of nitrogens with zero attached hydrogens (tertiary/aromatic N) is 4. The summed E-state index contributed by atoms with van der Waals surface area (Å²) >= 11 is 9.61. The molecule has 0 fully saturated rings. The molecule has 6 nitrogen and oxygen atoms in total. The largest absolute Gasteiger partial charge is 0.437 e. The predicted octanol–water partition coefficient (Wildman–Crippen LogP) is 4.57. The van der Waals surface area contributed by atoms with Gasteiger partial charge < -0.3 is 4.74 Å². The maximum Gasteiger partial charge on any atom is 0.246 e. The van der Waals surface area contributed by atoms with Crippen molar-refractivity contribution < 1.29 is 9.53 Å². The van der Waals surface area contributed by atoms with Gasteiger partial charge in [-0.25, -0.2) is 14.7 Å². The van der Waals surface area contributed by atoms with Gasteiger partial charge in [0.25, 0.3) is 0 Å². The first-order valence-corrected chi connectivity index (χ1v) is 8.66. The number of aliphatic imine (C=N–C) groups is 1. The van der Waals surface area contributed by atoms with Crippen LogP contribution in [0.2, 0.25) is 5.02 Å². The van der Waals surface area contributed by atoms with Gasteiger partial charge >= 0.3 is 0 Å². The summed E-state index contributed by atoms with van der Waals surface area (Å²) in [6.07, 6.45) is 2.37. The van der Waals surface area contributed by atoms with Gasteiger partial charge in [0.1, 0.15) is 16.1 Å². The molecule has 0 radical (unpaired) electrons. The van der Waals surface area contributed by atoms with Crippen LogP contribution in [0.1, 0.15) is 21.6 Å². The van der Waals surface area contributed by atoms with Gasteiger partial charge in [0.05, 0.1) is 10.7 Å². The van der Waals surface area contributed by atoms with Crippen molar-refractivity contribution in [3.63, 3.8) is 0 Å². The average Bonchev–Trinajstić information content (AvgIpc) is 3.03. The van der Waals surface area contributed by atoms with E-state index in [2.05, 4.69) is 37.6 Å². The number of pyridine rings is 1. The van der Waals surface area contributed by atoms with Crippen LogP contribution in [-0.4, -0.2) is 26.9 Å². The zero-order chi connectivity index (χ0) is 18.3. The number of carbonyl (C=O) groups is 1. The first-order chi connectivity index (χ1) is 12.6. The Bertz CT molecular complexity index is 1090. The molecule has 3 aromatic rings. The average molecular weight is 430 g/mol. The molecule has 0 atom stereocenters. The summed E-state index contributed by atoms with van der Waals surface area (Å²) in [6.45, 7) is 3.93. The molecule has 26 heavy (non-hydrogen) atoms. The number of halogens is 2. The summed E-state index contributed by atoms with van der Waals surface area (Å²) < 4.78 is 7.88. The number of benzene rings is 1. The highest BCUT2D eigenvalue weighted by atomic mass is 79.9. The number of hydrogen-bond acceptors (Lipinski definition) is 5. The molecule has 0 unspecified atom stereocenters. The van der Waals surface area contributed by atoms with E-state index in [9.17, 15) is 4.79 Å². The molecule has 0 spiro atoms. The Morgan fingerprint density at radius 3 is 2.88 bits per heavy atom. The van der Waals surface area contributed by atoms with Gasteiger partial charge in [-0.1, -0.05) is 24.2 Å². The molecular weight excluding hydrogens is 420 g/mol. The summed E-state index contributed by atoms with van der Waals surface area (Å²) in [7, 11) is 0. The van der Waals surface area contributed by atoms with Crippen molar-refractivity contribution in [2.45, 2.75) is 0 Å². The topological polar surface area (TPSA) is 69.4 Å². The van der Waals surface area contributed by atoms with E-state index in [-0.39, 0.29) is 5.90 Å². The van der Waals surface area contributed by atoms with Gasteiger partial charge in [-0.3, -0.25) is 4.79 Å². The van der Waals surface area contributed by atoms with E-state index in [1.165, 1.54) is 4.68 Å². The van der Waals surface area contributed by atoms with Gasteiger partial charge in [-0.15, -0.1) is 0 Å². The van der Waals surface area contributed by atoms with E-state index >= 15 is 0 Å². The quantitative estimate of drug-likeness (QED) is 0.572. The summed E-state index contributed by atoms with van der Waals surface area (Å²) in [4.78, 5) is 20.2. The van der Waals surface area contributed by atoms with Crippen LogP contribution in [0.3, 0.4) is 0 Å². The van der Waals surface area contributed by atoms with Crippen molar-refractivity contribution in [1.82, 2.24) is 14.8 Å². The van der Waals surface area contributed by atoms with Crippen LogP contribution in [0.4, 0.5) is 5.69 Å².